The predicted molar refractivity (Wildman–Crippen MR) is 118 cm³/mol. The second-order valence-corrected chi connectivity index (χ2v) is 7.75. The van der Waals surface area contributed by atoms with Gasteiger partial charge in [-0.25, -0.2) is 23.5 Å². The summed E-state index contributed by atoms with van der Waals surface area (Å²) in [6.07, 6.45) is -5.18. The molecule has 0 bridgehead atoms. The SMILES string of the molecule is COC(=O)[C@@H](OC)Oc1ncccc1Oc1cc(-n2c(=O)cc(C(F)(F)F)n(C)c2=O)c(F)cc1Br. The van der Waals surface area contributed by atoms with Crippen LogP contribution in [0.1, 0.15) is 5.69 Å². The van der Waals surface area contributed by atoms with Gasteiger partial charge in [0.05, 0.1) is 17.3 Å². The molecule has 0 radical (unpaired) electrons. The van der Waals surface area contributed by atoms with Crippen molar-refractivity contribution < 1.29 is 41.3 Å². The van der Waals surface area contributed by atoms with Gasteiger partial charge in [0.25, 0.3) is 11.4 Å². The van der Waals surface area contributed by atoms with Crippen LogP contribution in [-0.2, 0) is 27.5 Å². The highest BCUT2D eigenvalue weighted by atomic mass is 79.9. The van der Waals surface area contributed by atoms with Gasteiger partial charge in [0.2, 0.25) is 0 Å². The van der Waals surface area contributed by atoms with Gasteiger partial charge in [0, 0.05) is 32.5 Å². The second-order valence-electron chi connectivity index (χ2n) is 6.89. The summed E-state index contributed by atoms with van der Waals surface area (Å²) in [7, 11) is 3.08. The van der Waals surface area contributed by atoms with Crippen LogP contribution >= 0.6 is 15.9 Å². The van der Waals surface area contributed by atoms with Gasteiger partial charge in [0.15, 0.2) is 5.75 Å². The number of aromatic nitrogens is 3. The molecule has 10 nitrogen and oxygen atoms in total. The van der Waals surface area contributed by atoms with Crippen LogP contribution < -0.4 is 20.7 Å². The summed E-state index contributed by atoms with van der Waals surface area (Å²) in [5, 5.41) is 0. The highest BCUT2D eigenvalue weighted by molar-refractivity contribution is 9.10. The molecule has 0 aliphatic rings. The van der Waals surface area contributed by atoms with E-state index in [9.17, 15) is 31.9 Å². The Morgan fingerprint density at radius 3 is 2.44 bits per heavy atom. The molecule has 1 atom stereocenters. The molecular weight excluding hydrogens is 562 g/mol. The van der Waals surface area contributed by atoms with Gasteiger partial charge in [0.1, 0.15) is 17.3 Å². The number of alkyl halides is 3. The average Bonchev–Trinajstić information content (AvgIpc) is 2.82. The van der Waals surface area contributed by atoms with Crippen molar-refractivity contribution in [3.8, 4) is 23.1 Å². The fourth-order valence-corrected chi connectivity index (χ4v) is 3.33. The van der Waals surface area contributed by atoms with Gasteiger partial charge >= 0.3 is 24.1 Å². The molecule has 0 N–H and O–H groups in total. The van der Waals surface area contributed by atoms with Crippen molar-refractivity contribution in [3.63, 3.8) is 0 Å². The van der Waals surface area contributed by atoms with E-state index < -0.39 is 46.9 Å². The number of ether oxygens (including phenoxy) is 4. The Morgan fingerprint density at radius 2 is 1.83 bits per heavy atom. The minimum absolute atomic E-state index is 0.00611. The summed E-state index contributed by atoms with van der Waals surface area (Å²) in [6.45, 7) is 0. The lowest BCUT2D eigenvalue weighted by Gasteiger charge is -2.18. The van der Waals surface area contributed by atoms with Gasteiger partial charge < -0.3 is 18.9 Å². The molecule has 2 aromatic heterocycles. The molecule has 2 heterocycles. The Morgan fingerprint density at radius 1 is 1.14 bits per heavy atom. The molecule has 0 fully saturated rings. The number of methoxy groups -OCH3 is 2. The fourth-order valence-electron chi connectivity index (χ4n) is 2.94. The third kappa shape index (κ3) is 5.41. The van der Waals surface area contributed by atoms with Crippen molar-refractivity contribution in [2.45, 2.75) is 12.5 Å². The molecule has 3 rings (SSSR count). The molecule has 0 aliphatic heterocycles. The molecule has 36 heavy (non-hydrogen) atoms. The number of esters is 1. The molecule has 192 valence electrons. The summed E-state index contributed by atoms with van der Waals surface area (Å²) < 4.78 is 75.1. The lowest BCUT2D eigenvalue weighted by atomic mass is 10.2. The first-order valence-corrected chi connectivity index (χ1v) is 10.5. The summed E-state index contributed by atoms with van der Waals surface area (Å²) >= 11 is 3.08. The minimum atomic E-state index is -4.99. The van der Waals surface area contributed by atoms with Gasteiger partial charge in [-0.15, -0.1) is 0 Å². The van der Waals surface area contributed by atoms with Crippen molar-refractivity contribution in [1.82, 2.24) is 14.1 Å². The van der Waals surface area contributed by atoms with Gasteiger partial charge in [-0.2, -0.15) is 13.2 Å². The largest absolute Gasteiger partial charge is 0.464 e. The molecule has 3 aromatic rings. The van der Waals surface area contributed by atoms with E-state index in [0.29, 0.717) is 0 Å². The molecule has 15 heteroatoms. The quantitative estimate of drug-likeness (QED) is 0.239. The Hall–Kier alpha value is -3.72. The van der Waals surface area contributed by atoms with Crippen LogP contribution in [-0.4, -0.2) is 40.6 Å². The zero-order chi connectivity index (χ0) is 26.8. The van der Waals surface area contributed by atoms with Crippen LogP contribution in [0.25, 0.3) is 5.69 Å². The van der Waals surface area contributed by atoms with E-state index in [0.717, 1.165) is 26.3 Å². The monoisotopic (exact) mass is 577 g/mol. The molecule has 0 unspecified atom stereocenters. The van der Waals surface area contributed by atoms with Crippen LogP contribution in [0.15, 0.2) is 50.6 Å². The summed E-state index contributed by atoms with van der Waals surface area (Å²) in [5.41, 5.74) is -5.03. The summed E-state index contributed by atoms with van der Waals surface area (Å²) in [5.74, 6) is -2.51. The maximum absolute atomic E-state index is 14.8. The summed E-state index contributed by atoms with van der Waals surface area (Å²) in [4.78, 5) is 40.7. The number of nitrogens with zero attached hydrogens (tertiary/aromatic N) is 3. The van der Waals surface area contributed by atoms with E-state index in [1.54, 1.807) is 0 Å². The van der Waals surface area contributed by atoms with Crippen molar-refractivity contribution >= 4 is 21.9 Å². The standard InChI is InChI=1S/C21H16BrF4N3O7/c1-28-15(21(24,25)26)9-16(30)29(20(28)32)12-8-14(10(22)7-11(12)23)35-13-5-4-6-27-17(13)36-19(34-3)18(31)33-2/h4-9,19H,1-3H3/t19-/m0/s1. The maximum atomic E-state index is 14.8. The smallest absolute Gasteiger partial charge is 0.431 e. The Labute approximate surface area is 207 Å². The minimum Gasteiger partial charge on any atom is -0.464 e. The maximum Gasteiger partial charge on any atom is 0.431 e. The van der Waals surface area contributed by atoms with E-state index in [-0.39, 0.29) is 37.1 Å². The van der Waals surface area contributed by atoms with Crippen LogP contribution in [0.5, 0.6) is 17.4 Å². The molecule has 0 saturated heterocycles. The molecule has 0 saturated carbocycles. The predicted octanol–water partition coefficient (Wildman–Crippen LogP) is 3.17. The molecule has 0 spiro atoms. The van der Waals surface area contributed by atoms with Crippen LogP contribution in [0, 0.1) is 5.82 Å². The first kappa shape index (κ1) is 26.9. The number of hydrogen-bond donors (Lipinski definition) is 0. The number of pyridine rings is 1. The van der Waals surface area contributed by atoms with Gasteiger partial charge in [-0.1, -0.05) is 0 Å². The third-order valence-corrected chi connectivity index (χ3v) is 5.26. The van der Waals surface area contributed by atoms with Crippen LogP contribution in [0.3, 0.4) is 0 Å². The lowest BCUT2D eigenvalue weighted by molar-refractivity contribution is -0.170. The second kappa shape index (κ2) is 10.5. The number of carbonyl (C=O) groups is 1. The average molecular weight is 578 g/mol. The van der Waals surface area contributed by atoms with Crippen LogP contribution in [0.4, 0.5) is 17.6 Å². The fraction of sp³-hybridized carbons (Fsp3) is 0.238. The molecule has 0 aliphatic carbocycles. The number of rotatable bonds is 7. The number of carbonyl (C=O) groups excluding carboxylic acids is 1. The van der Waals surface area contributed by atoms with E-state index in [4.69, 9.17) is 14.2 Å². The van der Waals surface area contributed by atoms with Gasteiger partial charge in [-0.05, 0) is 34.1 Å². The van der Waals surface area contributed by atoms with E-state index in [1.807, 2.05) is 0 Å². The zero-order valence-electron chi connectivity index (χ0n) is 18.6. The summed E-state index contributed by atoms with van der Waals surface area (Å²) in [6, 6.07) is 4.74. The topological polar surface area (TPSA) is 111 Å². The Bertz CT molecular complexity index is 1420. The van der Waals surface area contributed by atoms with E-state index in [1.165, 1.54) is 25.4 Å². The normalized spacial score (nSPS) is 12.2. The van der Waals surface area contributed by atoms with Crippen molar-refractivity contribution in [1.29, 1.82) is 0 Å². The molecule has 0 amide bonds. The first-order chi connectivity index (χ1) is 16.9. The Balaban J connectivity index is 2.09. The highest BCUT2D eigenvalue weighted by Gasteiger charge is 2.35. The van der Waals surface area contributed by atoms with Crippen molar-refractivity contribution in [3.05, 3.63) is 73.4 Å². The van der Waals surface area contributed by atoms with Crippen molar-refractivity contribution in [2.24, 2.45) is 7.05 Å². The zero-order valence-corrected chi connectivity index (χ0v) is 20.2. The van der Waals surface area contributed by atoms with E-state index in [2.05, 4.69) is 25.7 Å². The Kier molecular flexibility index (Phi) is 7.83. The number of halogens is 5. The lowest BCUT2D eigenvalue weighted by Crippen LogP contribution is -2.41. The molecular formula is C21H16BrF4N3O7. The third-order valence-electron chi connectivity index (χ3n) is 4.64. The number of benzene rings is 1. The highest BCUT2D eigenvalue weighted by Crippen LogP contribution is 2.36. The molecule has 1 aromatic carbocycles. The van der Waals surface area contributed by atoms with Gasteiger partial charge in [-0.3, -0.25) is 9.36 Å². The number of hydrogen-bond acceptors (Lipinski definition) is 8. The first-order valence-electron chi connectivity index (χ1n) is 9.68. The van der Waals surface area contributed by atoms with Crippen molar-refractivity contribution in [2.75, 3.05) is 14.2 Å². The van der Waals surface area contributed by atoms with E-state index >= 15 is 0 Å². The van der Waals surface area contributed by atoms with Crippen LogP contribution in [0.2, 0.25) is 0 Å².